The second-order valence-electron chi connectivity index (χ2n) is 12.3. The highest BCUT2D eigenvalue weighted by Crippen LogP contribution is 2.50. The van der Waals surface area contributed by atoms with Crippen LogP contribution in [0.2, 0.25) is 18.1 Å². The number of para-hydroxylation sites is 1. The molecule has 2 aliphatic rings. The van der Waals surface area contributed by atoms with Gasteiger partial charge in [-0.1, -0.05) is 39.0 Å². The molecule has 1 aromatic carbocycles. The highest BCUT2D eigenvalue weighted by molar-refractivity contribution is 7.52. The minimum atomic E-state index is -4.37. The normalized spacial score (nSPS) is 25.9. The van der Waals surface area contributed by atoms with E-state index in [9.17, 15) is 18.9 Å². The van der Waals surface area contributed by atoms with E-state index in [1.165, 1.54) is 17.0 Å². The maximum absolute atomic E-state index is 16.1. The van der Waals surface area contributed by atoms with Crippen molar-refractivity contribution in [2.24, 2.45) is 0 Å². The summed E-state index contributed by atoms with van der Waals surface area (Å²) in [6, 6.07) is 8.13. The monoisotopic (exact) mass is 644 g/mol. The summed E-state index contributed by atoms with van der Waals surface area (Å²) in [5.74, 6) is -3.92. The SMILES string of the molecule is CN1CCCC(NP(=O)(OCC2OC(n3ccc(=O)[nH]c3=O)C(F)(F)C2O[Si](C)(C)C(C)(C)C)Oc2ccccc2)C1=O. The Hall–Kier alpha value is -2.68. The van der Waals surface area contributed by atoms with Crippen molar-refractivity contribution in [1.29, 1.82) is 0 Å². The summed E-state index contributed by atoms with van der Waals surface area (Å²) in [4.78, 5) is 40.3. The van der Waals surface area contributed by atoms with Gasteiger partial charge in [0.15, 0.2) is 8.32 Å². The number of nitrogens with zero attached hydrogens (tertiary/aromatic N) is 2. The molecular weight excluding hydrogens is 605 g/mol. The molecule has 43 heavy (non-hydrogen) atoms. The van der Waals surface area contributed by atoms with Gasteiger partial charge < -0.3 is 18.6 Å². The first-order valence-electron chi connectivity index (χ1n) is 14.0. The predicted octanol–water partition coefficient (Wildman–Crippen LogP) is 3.87. The fraction of sp³-hybridized carbons (Fsp3) is 0.593. The summed E-state index contributed by atoms with van der Waals surface area (Å²) in [5.41, 5.74) is -1.85. The summed E-state index contributed by atoms with van der Waals surface area (Å²) in [6.45, 7) is 9.06. The quantitative estimate of drug-likeness (QED) is 0.291. The third-order valence-electron chi connectivity index (χ3n) is 8.03. The number of amides is 1. The van der Waals surface area contributed by atoms with E-state index in [1.54, 1.807) is 38.3 Å². The first-order valence-corrected chi connectivity index (χ1v) is 18.4. The second kappa shape index (κ2) is 12.4. The molecule has 0 spiro atoms. The van der Waals surface area contributed by atoms with Crippen LogP contribution >= 0.6 is 7.75 Å². The average molecular weight is 645 g/mol. The predicted molar refractivity (Wildman–Crippen MR) is 157 cm³/mol. The largest absolute Gasteiger partial charge is 0.459 e. The molecule has 1 aromatic heterocycles. The standard InChI is InChI=1S/C27H39F2N4O8PSi/c1-26(2,3)43(5,6)41-22-20(39-24(27(22,28)29)33-16-14-21(34)30-25(33)36)17-38-42(37,40-18-11-8-7-9-12-18)31-19-13-10-15-32(4)23(19)35/h7-9,11-12,14,16,19-20,22,24H,10,13,15,17H2,1-6H3,(H,31,37)(H,30,34,36). The Balaban J connectivity index is 1.67. The van der Waals surface area contributed by atoms with Gasteiger partial charge in [-0.05, 0) is 43.1 Å². The molecule has 4 rings (SSSR count). The van der Waals surface area contributed by atoms with Crippen LogP contribution in [0.3, 0.4) is 0 Å². The molecule has 5 unspecified atom stereocenters. The molecule has 0 aliphatic carbocycles. The first-order chi connectivity index (χ1) is 19.9. The lowest BCUT2D eigenvalue weighted by atomic mass is 10.1. The van der Waals surface area contributed by atoms with Crippen LogP contribution in [0.1, 0.15) is 39.8 Å². The van der Waals surface area contributed by atoms with Crippen molar-refractivity contribution in [2.75, 3.05) is 20.2 Å². The van der Waals surface area contributed by atoms with Gasteiger partial charge in [0.2, 0.25) is 12.1 Å². The fourth-order valence-corrected chi connectivity index (χ4v) is 7.42. The number of likely N-dealkylation sites (N-methyl/N-ethyl adjacent to an activating group) is 1. The minimum absolute atomic E-state index is 0.166. The molecule has 12 nitrogen and oxygen atoms in total. The van der Waals surface area contributed by atoms with Crippen molar-refractivity contribution >= 4 is 22.0 Å². The molecule has 5 atom stereocenters. The van der Waals surface area contributed by atoms with Crippen LogP contribution in [0.25, 0.3) is 0 Å². The lowest BCUT2D eigenvalue weighted by Crippen LogP contribution is -2.52. The highest BCUT2D eigenvalue weighted by atomic mass is 31.2. The lowest BCUT2D eigenvalue weighted by Gasteiger charge is -2.40. The van der Waals surface area contributed by atoms with E-state index >= 15 is 8.78 Å². The maximum Gasteiger partial charge on any atom is 0.459 e. The number of likely N-dealkylation sites (tertiary alicyclic amines) is 1. The van der Waals surface area contributed by atoms with Crippen LogP contribution in [0.15, 0.2) is 52.2 Å². The zero-order valence-electron chi connectivity index (χ0n) is 25.0. The highest BCUT2D eigenvalue weighted by Gasteiger charge is 2.63. The van der Waals surface area contributed by atoms with E-state index in [2.05, 4.69) is 5.09 Å². The summed E-state index contributed by atoms with van der Waals surface area (Å²) < 4.78 is 70.3. The van der Waals surface area contributed by atoms with Gasteiger partial charge in [-0.15, -0.1) is 0 Å². The average Bonchev–Trinajstić information content (AvgIpc) is 3.14. The van der Waals surface area contributed by atoms with Crippen LogP contribution in [-0.2, 0) is 23.0 Å². The molecule has 2 aromatic rings. The van der Waals surface area contributed by atoms with E-state index in [-0.39, 0.29) is 11.7 Å². The first kappa shape index (κ1) is 33.2. The van der Waals surface area contributed by atoms with E-state index in [0.29, 0.717) is 24.0 Å². The Morgan fingerprint density at radius 1 is 1.16 bits per heavy atom. The van der Waals surface area contributed by atoms with Crippen molar-refractivity contribution in [3.05, 3.63) is 63.4 Å². The number of benzene rings is 1. The molecule has 16 heteroatoms. The Kier molecular flexibility index (Phi) is 9.55. The van der Waals surface area contributed by atoms with Gasteiger partial charge in [-0.2, -0.15) is 13.9 Å². The number of rotatable bonds is 10. The number of aromatic amines is 1. The smallest absolute Gasteiger partial charge is 0.413 e. The summed E-state index contributed by atoms with van der Waals surface area (Å²) in [7, 11) is -5.62. The van der Waals surface area contributed by atoms with Crippen molar-refractivity contribution in [2.45, 2.75) is 82.1 Å². The van der Waals surface area contributed by atoms with Gasteiger partial charge in [0, 0.05) is 25.9 Å². The van der Waals surface area contributed by atoms with Crippen molar-refractivity contribution in [3.63, 3.8) is 0 Å². The van der Waals surface area contributed by atoms with Crippen LogP contribution in [0.4, 0.5) is 8.78 Å². The van der Waals surface area contributed by atoms with E-state index in [4.69, 9.17) is 18.2 Å². The Morgan fingerprint density at radius 3 is 2.47 bits per heavy atom. The zero-order valence-corrected chi connectivity index (χ0v) is 26.9. The van der Waals surface area contributed by atoms with Crippen molar-refractivity contribution in [3.8, 4) is 5.75 Å². The third kappa shape index (κ3) is 7.35. The molecule has 1 amide bonds. The molecule has 238 valence electrons. The van der Waals surface area contributed by atoms with Crippen molar-refractivity contribution < 1.29 is 36.4 Å². The van der Waals surface area contributed by atoms with Crippen LogP contribution in [0.5, 0.6) is 5.75 Å². The Morgan fingerprint density at radius 2 is 1.84 bits per heavy atom. The molecule has 2 aliphatic heterocycles. The molecule has 2 N–H and O–H groups in total. The second-order valence-corrected chi connectivity index (χ2v) is 18.7. The molecular formula is C27H39F2N4O8PSi. The number of nitrogens with one attached hydrogen (secondary N) is 2. The van der Waals surface area contributed by atoms with Crippen LogP contribution in [-0.4, -0.2) is 73.0 Å². The number of piperidine rings is 1. The number of hydrogen-bond acceptors (Lipinski definition) is 8. The number of carbonyl (C=O) groups is 1. The van der Waals surface area contributed by atoms with Crippen LogP contribution in [0, 0.1) is 0 Å². The number of aromatic nitrogens is 2. The van der Waals surface area contributed by atoms with Gasteiger partial charge in [0.05, 0.1) is 12.6 Å². The zero-order chi connectivity index (χ0) is 31.8. The van der Waals surface area contributed by atoms with Gasteiger partial charge in [-0.3, -0.25) is 23.7 Å². The number of alkyl halides is 2. The third-order valence-corrected chi connectivity index (χ3v) is 14.1. The number of ether oxygens (including phenoxy) is 1. The Bertz CT molecular complexity index is 1470. The summed E-state index contributed by atoms with van der Waals surface area (Å²) in [6.07, 6.45) is -3.67. The maximum atomic E-state index is 16.1. The van der Waals surface area contributed by atoms with E-state index in [0.717, 1.165) is 12.3 Å². The molecule has 2 saturated heterocycles. The van der Waals surface area contributed by atoms with E-state index in [1.807, 2.05) is 25.8 Å². The number of halogens is 2. The number of hydrogen-bond donors (Lipinski definition) is 2. The van der Waals surface area contributed by atoms with Gasteiger partial charge in [0.25, 0.3) is 5.56 Å². The Labute approximate surface area is 249 Å². The lowest BCUT2D eigenvalue weighted by molar-refractivity contribution is -0.138. The van der Waals surface area contributed by atoms with Crippen LogP contribution < -0.4 is 20.9 Å². The molecule has 2 fully saturated rings. The summed E-state index contributed by atoms with van der Waals surface area (Å²) >= 11 is 0. The minimum Gasteiger partial charge on any atom is -0.413 e. The fourth-order valence-electron chi connectivity index (χ4n) is 4.58. The van der Waals surface area contributed by atoms with Gasteiger partial charge in [0.1, 0.15) is 18.0 Å². The summed E-state index contributed by atoms with van der Waals surface area (Å²) in [5, 5.41) is 2.23. The van der Waals surface area contributed by atoms with Gasteiger partial charge in [-0.25, -0.2) is 9.36 Å². The molecule has 0 radical (unpaired) electrons. The molecule has 0 bridgehead atoms. The van der Waals surface area contributed by atoms with Crippen molar-refractivity contribution in [1.82, 2.24) is 19.5 Å². The van der Waals surface area contributed by atoms with E-state index < -0.39 is 69.4 Å². The number of H-pyrrole nitrogens is 1. The molecule has 3 heterocycles. The topological polar surface area (TPSA) is 141 Å². The molecule has 0 saturated carbocycles. The number of carbonyl (C=O) groups excluding carboxylic acids is 1. The van der Waals surface area contributed by atoms with Gasteiger partial charge >= 0.3 is 19.4 Å².